The van der Waals surface area contributed by atoms with Gasteiger partial charge in [-0.3, -0.25) is 15.5 Å². The quantitative estimate of drug-likeness (QED) is 0.342. The third-order valence-corrected chi connectivity index (χ3v) is 2.23. The van der Waals surface area contributed by atoms with Crippen molar-refractivity contribution in [2.45, 2.75) is 25.9 Å². The monoisotopic (exact) mass is 237 g/mol. The van der Waals surface area contributed by atoms with Crippen molar-refractivity contribution < 1.29 is 9.66 Å². The molecule has 92 valence electrons. The van der Waals surface area contributed by atoms with E-state index in [1.165, 1.54) is 12.1 Å². The van der Waals surface area contributed by atoms with Crippen LogP contribution in [0.1, 0.15) is 19.8 Å². The van der Waals surface area contributed by atoms with Gasteiger partial charge in [-0.2, -0.15) is 0 Å². The zero-order valence-electron chi connectivity index (χ0n) is 9.55. The lowest BCUT2D eigenvalue weighted by atomic mass is 10.2. The summed E-state index contributed by atoms with van der Waals surface area (Å²) in [4.78, 5) is 10.1. The minimum atomic E-state index is -0.473. The standard InChI is InChI=1S/C11H15N3O3/c1-2-9(7-11(12)13)17-10-5-3-4-8(6-10)14(15)16/h3-6,9H,2,7H2,1H3,(H3,12,13). The van der Waals surface area contributed by atoms with Crippen molar-refractivity contribution in [1.29, 1.82) is 5.41 Å². The van der Waals surface area contributed by atoms with Crippen LogP contribution in [0.2, 0.25) is 0 Å². The molecule has 1 atom stereocenters. The maximum absolute atomic E-state index is 10.6. The zero-order valence-corrected chi connectivity index (χ0v) is 9.55. The van der Waals surface area contributed by atoms with Crippen LogP contribution >= 0.6 is 0 Å². The Balaban J connectivity index is 2.75. The van der Waals surface area contributed by atoms with Crippen molar-refractivity contribution in [2.24, 2.45) is 5.73 Å². The van der Waals surface area contributed by atoms with Gasteiger partial charge in [0.05, 0.1) is 16.8 Å². The molecule has 1 aromatic rings. The number of nitrogens with zero attached hydrogens (tertiary/aromatic N) is 1. The molecule has 0 amide bonds. The predicted molar refractivity (Wildman–Crippen MR) is 64.3 cm³/mol. The molecule has 0 heterocycles. The summed E-state index contributed by atoms with van der Waals surface area (Å²) in [6, 6.07) is 5.98. The van der Waals surface area contributed by atoms with E-state index in [1.54, 1.807) is 12.1 Å². The first-order chi connectivity index (χ1) is 8.02. The number of ether oxygens (including phenoxy) is 1. The maximum Gasteiger partial charge on any atom is 0.273 e. The van der Waals surface area contributed by atoms with Crippen molar-refractivity contribution in [3.05, 3.63) is 34.4 Å². The second kappa shape index (κ2) is 5.83. The lowest BCUT2D eigenvalue weighted by Gasteiger charge is -2.16. The van der Waals surface area contributed by atoms with Crippen LogP contribution in [0, 0.1) is 15.5 Å². The first kappa shape index (κ1) is 13.0. The Morgan fingerprint density at radius 3 is 2.88 bits per heavy atom. The number of hydrogen-bond donors (Lipinski definition) is 2. The van der Waals surface area contributed by atoms with Gasteiger partial charge < -0.3 is 10.5 Å². The third-order valence-electron chi connectivity index (χ3n) is 2.23. The smallest absolute Gasteiger partial charge is 0.273 e. The molecule has 0 spiro atoms. The van der Waals surface area contributed by atoms with Crippen molar-refractivity contribution in [2.75, 3.05) is 0 Å². The van der Waals surface area contributed by atoms with Gasteiger partial charge in [-0.15, -0.1) is 0 Å². The van der Waals surface area contributed by atoms with E-state index in [2.05, 4.69) is 0 Å². The van der Waals surface area contributed by atoms with Gasteiger partial charge in [-0.1, -0.05) is 13.0 Å². The largest absolute Gasteiger partial charge is 0.490 e. The van der Waals surface area contributed by atoms with Crippen LogP contribution in [-0.2, 0) is 0 Å². The Hall–Kier alpha value is -2.11. The molecule has 3 N–H and O–H groups in total. The Labute approximate surface area is 99.0 Å². The van der Waals surface area contributed by atoms with Crippen molar-refractivity contribution in [1.82, 2.24) is 0 Å². The van der Waals surface area contributed by atoms with Crippen LogP contribution in [0.3, 0.4) is 0 Å². The summed E-state index contributed by atoms with van der Waals surface area (Å²) in [7, 11) is 0. The Kier molecular flexibility index (Phi) is 4.45. The van der Waals surface area contributed by atoms with Gasteiger partial charge in [0.15, 0.2) is 0 Å². The number of nitro groups is 1. The van der Waals surface area contributed by atoms with E-state index in [9.17, 15) is 10.1 Å². The van der Waals surface area contributed by atoms with E-state index < -0.39 is 4.92 Å². The molecule has 0 aliphatic rings. The molecular formula is C11H15N3O3. The number of nitrogens with two attached hydrogens (primary N) is 1. The zero-order chi connectivity index (χ0) is 12.8. The highest BCUT2D eigenvalue weighted by molar-refractivity contribution is 5.77. The molecule has 1 unspecified atom stereocenters. The van der Waals surface area contributed by atoms with Gasteiger partial charge in [-0.05, 0) is 12.5 Å². The van der Waals surface area contributed by atoms with E-state index in [0.717, 1.165) is 0 Å². The second-order valence-corrected chi connectivity index (χ2v) is 3.63. The number of non-ortho nitro benzene ring substituents is 1. The highest BCUT2D eigenvalue weighted by atomic mass is 16.6. The average molecular weight is 237 g/mol. The van der Waals surface area contributed by atoms with Gasteiger partial charge in [0.2, 0.25) is 0 Å². The first-order valence-corrected chi connectivity index (χ1v) is 5.27. The summed E-state index contributed by atoms with van der Waals surface area (Å²) in [6.07, 6.45) is 0.774. The molecule has 0 aromatic heterocycles. The topological polar surface area (TPSA) is 102 Å². The van der Waals surface area contributed by atoms with E-state index >= 15 is 0 Å². The molecule has 0 aliphatic carbocycles. The molecule has 0 radical (unpaired) electrons. The SMILES string of the molecule is CCC(CC(=N)N)Oc1cccc([N+](=O)[O-])c1. The maximum atomic E-state index is 10.6. The number of hydrogen-bond acceptors (Lipinski definition) is 4. The number of benzene rings is 1. The highest BCUT2D eigenvalue weighted by Gasteiger charge is 2.12. The normalized spacial score (nSPS) is 11.8. The molecule has 0 saturated carbocycles. The van der Waals surface area contributed by atoms with Crippen molar-refractivity contribution in [3.63, 3.8) is 0 Å². The minimum absolute atomic E-state index is 0.0137. The number of nitro benzene ring substituents is 1. The Morgan fingerprint density at radius 1 is 1.65 bits per heavy atom. The molecule has 6 heteroatoms. The van der Waals surface area contributed by atoms with E-state index in [0.29, 0.717) is 18.6 Å². The van der Waals surface area contributed by atoms with Crippen molar-refractivity contribution >= 4 is 11.5 Å². The fourth-order valence-corrected chi connectivity index (χ4v) is 1.38. The summed E-state index contributed by atoms with van der Waals surface area (Å²) in [5.74, 6) is 0.467. The lowest BCUT2D eigenvalue weighted by molar-refractivity contribution is -0.384. The summed E-state index contributed by atoms with van der Waals surface area (Å²) < 4.78 is 5.54. The molecule has 1 aromatic carbocycles. The number of amidine groups is 1. The predicted octanol–water partition coefficient (Wildman–Crippen LogP) is 2.08. The second-order valence-electron chi connectivity index (χ2n) is 3.63. The molecular weight excluding hydrogens is 222 g/mol. The average Bonchev–Trinajstić information content (AvgIpc) is 2.28. The van der Waals surface area contributed by atoms with Gasteiger partial charge >= 0.3 is 0 Å². The van der Waals surface area contributed by atoms with Crippen LogP contribution in [-0.4, -0.2) is 16.9 Å². The summed E-state index contributed by atoms with van der Waals surface area (Å²) >= 11 is 0. The van der Waals surface area contributed by atoms with Crippen LogP contribution < -0.4 is 10.5 Å². The Bertz CT molecular complexity index is 420. The van der Waals surface area contributed by atoms with Gasteiger partial charge in [0, 0.05) is 12.5 Å². The van der Waals surface area contributed by atoms with E-state index in [1.807, 2.05) is 6.92 Å². The Morgan fingerprint density at radius 2 is 2.35 bits per heavy atom. The summed E-state index contributed by atoms with van der Waals surface area (Å²) in [5.41, 5.74) is 5.28. The third kappa shape index (κ3) is 4.10. The molecule has 6 nitrogen and oxygen atoms in total. The molecule has 0 fully saturated rings. The number of nitrogens with one attached hydrogen (secondary N) is 1. The van der Waals surface area contributed by atoms with Crippen LogP contribution in [0.25, 0.3) is 0 Å². The molecule has 17 heavy (non-hydrogen) atoms. The van der Waals surface area contributed by atoms with Crippen LogP contribution in [0.15, 0.2) is 24.3 Å². The van der Waals surface area contributed by atoms with Crippen LogP contribution in [0.5, 0.6) is 5.75 Å². The first-order valence-electron chi connectivity index (χ1n) is 5.27. The molecule has 0 saturated heterocycles. The van der Waals surface area contributed by atoms with Gasteiger partial charge in [-0.25, -0.2) is 0 Å². The summed E-state index contributed by atoms with van der Waals surface area (Å²) in [6.45, 7) is 1.91. The fraction of sp³-hybridized carbons (Fsp3) is 0.364. The lowest BCUT2D eigenvalue weighted by Crippen LogP contribution is -2.23. The minimum Gasteiger partial charge on any atom is -0.490 e. The molecule has 1 rings (SSSR count). The van der Waals surface area contributed by atoms with Gasteiger partial charge in [0.25, 0.3) is 5.69 Å². The number of rotatable bonds is 6. The van der Waals surface area contributed by atoms with Crippen molar-refractivity contribution in [3.8, 4) is 5.75 Å². The van der Waals surface area contributed by atoms with E-state index in [-0.39, 0.29) is 17.6 Å². The highest BCUT2D eigenvalue weighted by Crippen LogP contribution is 2.21. The fourth-order valence-electron chi connectivity index (χ4n) is 1.38. The van der Waals surface area contributed by atoms with Gasteiger partial charge in [0.1, 0.15) is 11.9 Å². The molecule has 0 bridgehead atoms. The van der Waals surface area contributed by atoms with Crippen LogP contribution in [0.4, 0.5) is 5.69 Å². The summed E-state index contributed by atoms with van der Waals surface area (Å²) in [5, 5.41) is 17.8. The van der Waals surface area contributed by atoms with E-state index in [4.69, 9.17) is 15.9 Å². The molecule has 0 aliphatic heterocycles.